The summed E-state index contributed by atoms with van der Waals surface area (Å²) < 4.78 is 26.9. The van der Waals surface area contributed by atoms with E-state index in [0.29, 0.717) is 29.8 Å². The zero-order valence-electron chi connectivity index (χ0n) is 18.2. The number of benzene rings is 1. The zero-order valence-corrected chi connectivity index (χ0v) is 18.2. The molecule has 0 saturated carbocycles. The molecule has 9 heteroatoms. The van der Waals surface area contributed by atoms with E-state index in [0.717, 1.165) is 5.56 Å². The van der Waals surface area contributed by atoms with Gasteiger partial charge in [-0.15, -0.1) is 0 Å². The van der Waals surface area contributed by atoms with Crippen LogP contribution in [0.1, 0.15) is 41.8 Å². The van der Waals surface area contributed by atoms with Crippen molar-refractivity contribution in [2.45, 2.75) is 26.7 Å². The Labute approximate surface area is 189 Å². The van der Waals surface area contributed by atoms with Crippen LogP contribution in [0.4, 0.5) is 4.39 Å². The lowest BCUT2D eigenvalue weighted by Crippen LogP contribution is -2.26. The van der Waals surface area contributed by atoms with Crippen LogP contribution >= 0.6 is 0 Å². The number of carbonyl (C=O) groups excluding carboxylic acids is 1. The molecule has 0 aliphatic rings. The Morgan fingerprint density at radius 2 is 1.88 bits per heavy atom. The van der Waals surface area contributed by atoms with E-state index in [1.54, 1.807) is 56.4 Å². The van der Waals surface area contributed by atoms with Gasteiger partial charge in [0.05, 0.1) is 11.1 Å². The first kappa shape index (κ1) is 22.5. The lowest BCUT2D eigenvalue weighted by molar-refractivity contribution is -0.142. The smallest absolute Gasteiger partial charge is 0.270 e. The van der Waals surface area contributed by atoms with E-state index in [1.165, 1.54) is 10.5 Å². The predicted molar refractivity (Wildman–Crippen MR) is 120 cm³/mol. The molecule has 0 bridgehead atoms. The summed E-state index contributed by atoms with van der Waals surface area (Å²) >= 11 is 0. The summed E-state index contributed by atoms with van der Waals surface area (Å²) in [4.78, 5) is 33.1. The summed E-state index contributed by atoms with van der Waals surface area (Å²) in [6.07, 6.45) is 0.743. The van der Waals surface area contributed by atoms with Gasteiger partial charge in [-0.2, -0.15) is 4.39 Å². The number of pyridine rings is 2. The average molecular weight is 450 g/mol. The Kier molecular flexibility index (Phi) is 6.71. The maximum Gasteiger partial charge on any atom is 0.270 e. The second-order valence-electron chi connectivity index (χ2n) is 7.23. The number of nitrogens with one attached hydrogen (secondary N) is 1. The van der Waals surface area contributed by atoms with Gasteiger partial charge in [0.15, 0.2) is 6.29 Å². The molecule has 0 radical (unpaired) electrons. The van der Waals surface area contributed by atoms with Gasteiger partial charge in [0.2, 0.25) is 5.95 Å². The lowest BCUT2D eigenvalue weighted by atomic mass is 10.1. The second-order valence-corrected chi connectivity index (χ2v) is 7.23. The molecule has 0 unspecified atom stereocenters. The van der Waals surface area contributed by atoms with E-state index in [2.05, 4.69) is 15.3 Å². The van der Waals surface area contributed by atoms with Crippen molar-refractivity contribution in [3.8, 4) is 0 Å². The molecular weight excluding hydrogens is 427 g/mol. The quantitative estimate of drug-likeness (QED) is 0.327. The van der Waals surface area contributed by atoms with Gasteiger partial charge in [-0.1, -0.05) is 12.1 Å². The molecule has 1 N–H and O–H groups in total. The van der Waals surface area contributed by atoms with E-state index < -0.39 is 18.1 Å². The summed E-state index contributed by atoms with van der Waals surface area (Å²) in [5, 5.41) is 3.45. The van der Waals surface area contributed by atoms with E-state index >= 15 is 0 Å². The zero-order chi connectivity index (χ0) is 23.4. The maximum atomic E-state index is 14.5. The van der Waals surface area contributed by atoms with Crippen molar-refractivity contribution in [2.75, 3.05) is 13.2 Å². The van der Waals surface area contributed by atoms with Gasteiger partial charge >= 0.3 is 0 Å². The molecule has 0 saturated heterocycles. The van der Waals surface area contributed by atoms with Crippen molar-refractivity contribution in [3.63, 3.8) is 0 Å². The molecule has 170 valence electrons. The molecule has 8 nitrogen and oxygen atoms in total. The molecular formula is C24H23FN4O4. The molecule has 3 aromatic heterocycles. The van der Waals surface area contributed by atoms with Crippen LogP contribution in [0, 0.1) is 5.95 Å². The van der Waals surface area contributed by atoms with Gasteiger partial charge < -0.3 is 14.8 Å². The molecule has 1 amide bonds. The highest BCUT2D eigenvalue weighted by Gasteiger charge is 2.19. The fraction of sp³-hybridized carbons (Fsp3) is 0.250. The Morgan fingerprint density at radius 3 is 2.64 bits per heavy atom. The number of hydrogen-bond donors (Lipinski definition) is 1. The number of hydrogen-bond acceptors (Lipinski definition) is 6. The van der Waals surface area contributed by atoms with Crippen LogP contribution in [0.5, 0.6) is 0 Å². The molecule has 0 aliphatic carbocycles. The Bertz CT molecular complexity index is 1370. The Hall–Kier alpha value is -3.69. The molecule has 4 aromatic rings. The van der Waals surface area contributed by atoms with Crippen LogP contribution in [0.25, 0.3) is 16.6 Å². The highest BCUT2D eigenvalue weighted by Crippen LogP contribution is 2.25. The van der Waals surface area contributed by atoms with Crippen LogP contribution in [-0.2, 0) is 16.0 Å². The van der Waals surface area contributed by atoms with Gasteiger partial charge in [0.1, 0.15) is 11.3 Å². The highest BCUT2D eigenvalue weighted by atomic mass is 19.1. The van der Waals surface area contributed by atoms with Gasteiger partial charge in [-0.05, 0) is 49.7 Å². The van der Waals surface area contributed by atoms with E-state index in [9.17, 15) is 14.0 Å². The predicted octanol–water partition coefficient (Wildman–Crippen LogP) is 3.38. The van der Waals surface area contributed by atoms with Crippen molar-refractivity contribution in [1.29, 1.82) is 0 Å². The summed E-state index contributed by atoms with van der Waals surface area (Å²) in [6.45, 7) is 4.52. The fourth-order valence-corrected chi connectivity index (χ4v) is 3.47. The number of rotatable bonds is 8. The van der Waals surface area contributed by atoms with E-state index in [1.807, 2.05) is 6.07 Å². The van der Waals surface area contributed by atoms with Crippen molar-refractivity contribution in [3.05, 3.63) is 87.9 Å². The largest absolute Gasteiger partial charge is 0.349 e. The third-order valence-electron chi connectivity index (χ3n) is 5.01. The normalized spacial score (nSPS) is 11.4. The molecule has 0 spiro atoms. The Morgan fingerprint density at radius 1 is 1.09 bits per heavy atom. The number of ether oxygens (including phenoxy) is 2. The van der Waals surface area contributed by atoms with Gasteiger partial charge in [-0.25, -0.2) is 9.97 Å². The van der Waals surface area contributed by atoms with Crippen molar-refractivity contribution in [1.82, 2.24) is 19.7 Å². The second kappa shape index (κ2) is 9.85. The summed E-state index contributed by atoms with van der Waals surface area (Å²) in [5.41, 5.74) is 1.55. The number of nitrogens with zero attached hydrogens (tertiary/aromatic N) is 3. The molecule has 0 fully saturated rings. The molecule has 3 heterocycles. The Balaban J connectivity index is 1.55. The minimum Gasteiger partial charge on any atom is -0.349 e. The molecule has 4 rings (SSSR count). The monoisotopic (exact) mass is 450 g/mol. The first-order valence-electron chi connectivity index (χ1n) is 10.6. The number of halogens is 1. The van der Waals surface area contributed by atoms with Crippen molar-refractivity contribution >= 4 is 22.5 Å². The number of fused-ring (bicyclic) bond motifs is 2. The third-order valence-corrected chi connectivity index (χ3v) is 5.01. The summed E-state index contributed by atoms with van der Waals surface area (Å²) in [5.74, 6) is -1.12. The minimum atomic E-state index is -0.849. The standard InChI is InChI=1S/C24H23FN4O4/c1-3-32-24(33-4-2)17-12-16-11-15(8-9-18(16)28-22(17)25)14-26-23(31)19-13-21(30)29-10-6-5-7-20(29)27-19/h5-13,24H,3-4,14H2,1-2H3,(H,26,31). The minimum absolute atomic E-state index is 0.0364. The first-order valence-corrected chi connectivity index (χ1v) is 10.6. The molecule has 1 aromatic carbocycles. The SMILES string of the molecule is CCOC(OCC)c1cc2cc(CNC(=O)c3cc(=O)n4ccccc4n3)ccc2nc1F. The van der Waals surface area contributed by atoms with E-state index in [4.69, 9.17) is 9.47 Å². The van der Waals surface area contributed by atoms with Crippen LogP contribution in [0.15, 0.2) is 59.5 Å². The van der Waals surface area contributed by atoms with Crippen molar-refractivity contribution < 1.29 is 18.7 Å². The molecule has 0 aliphatic heterocycles. The molecule has 0 atom stereocenters. The van der Waals surface area contributed by atoms with Crippen molar-refractivity contribution in [2.24, 2.45) is 0 Å². The average Bonchev–Trinajstić information content (AvgIpc) is 2.82. The highest BCUT2D eigenvalue weighted by molar-refractivity contribution is 5.92. The summed E-state index contributed by atoms with van der Waals surface area (Å²) in [6, 6.07) is 13.2. The fourth-order valence-electron chi connectivity index (χ4n) is 3.47. The summed E-state index contributed by atoms with van der Waals surface area (Å²) in [7, 11) is 0. The van der Waals surface area contributed by atoms with Crippen LogP contribution < -0.4 is 10.9 Å². The van der Waals surface area contributed by atoms with Gasteiger partial charge in [-0.3, -0.25) is 14.0 Å². The number of amides is 1. The topological polar surface area (TPSA) is 94.8 Å². The number of aromatic nitrogens is 3. The number of carbonyl (C=O) groups is 1. The van der Waals surface area contributed by atoms with Gasteiger partial charge in [0, 0.05) is 37.4 Å². The third kappa shape index (κ3) is 4.89. The van der Waals surface area contributed by atoms with Gasteiger partial charge in [0.25, 0.3) is 11.5 Å². The van der Waals surface area contributed by atoms with Crippen LogP contribution in [0.2, 0.25) is 0 Å². The maximum absolute atomic E-state index is 14.5. The molecule has 33 heavy (non-hydrogen) atoms. The first-order chi connectivity index (χ1) is 16.0. The van der Waals surface area contributed by atoms with E-state index in [-0.39, 0.29) is 23.4 Å². The lowest BCUT2D eigenvalue weighted by Gasteiger charge is -2.18. The van der Waals surface area contributed by atoms with Crippen LogP contribution in [-0.4, -0.2) is 33.5 Å². The van der Waals surface area contributed by atoms with Crippen LogP contribution in [0.3, 0.4) is 0 Å².